The molecule has 1 aliphatic rings. The molecule has 14 heavy (non-hydrogen) atoms. The molecule has 0 radical (unpaired) electrons. The fraction of sp³-hybridized carbons (Fsp3) is 1.00. The highest BCUT2D eigenvalue weighted by atomic mass is 16.5. The number of nitrogens with one attached hydrogen (secondary N) is 2. The Labute approximate surface area is 87.6 Å². The predicted octanol–water partition coefficient (Wildman–Crippen LogP) is 1.14. The van der Waals surface area contributed by atoms with Crippen LogP contribution in [0.15, 0.2) is 0 Å². The number of likely N-dealkylation sites (N-methyl/N-ethyl adjacent to an activating group) is 1. The Morgan fingerprint density at radius 1 is 1.43 bits per heavy atom. The van der Waals surface area contributed by atoms with Crippen molar-refractivity contribution in [3.63, 3.8) is 0 Å². The second kappa shape index (κ2) is 5.69. The van der Waals surface area contributed by atoms with Crippen LogP contribution in [0.1, 0.15) is 32.6 Å². The first-order chi connectivity index (χ1) is 6.72. The van der Waals surface area contributed by atoms with Gasteiger partial charge in [-0.25, -0.2) is 0 Å². The average molecular weight is 200 g/mol. The lowest BCUT2D eigenvalue weighted by Crippen LogP contribution is -2.44. The lowest BCUT2D eigenvalue weighted by Gasteiger charge is -2.40. The van der Waals surface area contributed by atoms with Crippen molar-refractivity contribution in [1.82, 2.24) is 10.6 Å². The van der Waals surface area contributed by atoms with Crippen molar-refractivity contribution in [2.45, 2.75) is 44.2 Å². The van der Waals surface area contributed by atoms with Crippen LogP contribution in [0.3, 0.4) is 0 Å². The predicted molar refractivity (Wildman–Crippen MR) is 59.6 cm³/mol. The Kier molecular flexibility index (Phi) is 4.85. The molecule has 1 saturated carbocycles. The quantitative estimate of drug-likeness (QED) is 0.646. The van der Waals surface area contributed by atoms with Crippen LogP contribution in [0.4, 0.5) is 0 Å². The van der Waals surface area contributed by atoms with E-state index in [0.717, 1.165) is 19.5 Å². The van der Waals surface area contributed by atoms with Crippen LogP contribution >= 0.6 is 0 Å². The van der Waals surface area contributed by atoms with Gasteiger partial charge in [-0.15, -0.1) is 0 Å². The number of hydrogen-bond acceptors (Lipinski definition) is 3. The molecular formula is C11H24N2O. The van der Waals surface area contributed by atoms with Crippen LogP contribution in [0.2, 0.25) is 0 Å². The topological polar surface area (TPSA) is 33.3 Å². The van der Waals surface area contributed by atoms with E-state index in [1.807, 2.05) is 14.2 Å². The molecule has 0 amide bonds. The fourth-order valence-electron chi connectivity index (χ4n) is 2.05. The SMILES string of the molecule is CNCC(C)NCCC1(OC)CCC1. The number of hydrogen-bond donors (Lipinski definition) is 2. The molecule has 0 aromatic carbocycles. The maximum atomic E-state index is 5.56. The normalized spacial score (nSPS) is 21.6. The fourth-order valence-corrected chi connectivity index (χ4v) is 2.05. The highest BCUT2D eigenvalue weighted by Crippen LogP contribution is 2.37. The monoisotopic (exact) mass is 200 g/mol. The van der Waals surface area contributed by atoms with E-state index in [0.29, 0.717) is 6.04 Å². The summed E-state index contributed by atoms with van der Waals surface area (Å²) in [5.41, 5.74) is 0.215. The molecule has 1 rings (SSSR count). The smallest absolute Gasteiger partial charge is 0.0690 e. The van der Waals surface area contributed by atoms with E-state index in [4.69, 9.17) is 4.74 Å². The first kappa shape index (κ1) is 12.0. The summed E-state index contributed by atoms with van der Waals surface area (Å²) < 4.78 is 5.56. The maximum absolute atomic E-state index is 5.56. The molecule has 1 unspecified atom stereocenters. The second-order valence-electron chi connectivity index (χ2n) is 4.40. The summed E-state index contributed by atoms with van der Waals surface area (Å²) in [5, 5.41) is 6.66. The minimum absolute atomic E-state index is 0.215. The number of methoxy groups -OCH3 is 1. The second-order valence-corrected chi connectivity index (χ2v) is 4.40. The van der Waals surface area contributed by atoms with E-state index in [9.17, 15) is 0 Å². The minimum atomic E-state index is 0.215. The van der Waals surface area contributed by atoms with Crippen molar-refractivity contribution in [3.8, 4) is 0 Å². The molecule has 1 atom stereocenters. The van der Waals surface area contributed by atoms with Crippen molar-refractivity contribution >= 4 is 0 Å². The lowest BCUT2D eigenvalue weighted by atomic mass is 9.77. The Balaban J connectivity index is 2.08. The summed E-state index contributed by atoms with van der Waals surface area (Å²) in [4.78, 5) is 0. The van der Waals surface area contributed by atoms with Crippen molar-refractivity contribution in [2.24, 2.45) is 0 Å². The van der Waals surface area contributed by atoms with Crippen LogP contribution in [-0.2, 0) is 4.74 Å². The van der Waals surface area contributed by atoms with Crippen LogP contribution in [0.5, 0.6) is 0 Å². The molecule has 3 heteroatoms. The van der Waals surface area contributed by atoms with Crippen LogP contribution in [-0.4, -0.2) is 38.9 Å². The van der Waals surface area contributed by atoms with Gasteiger partial charge in [-0.2, -0.15) is 0 Å². The standard InChI is InChI=1S/C11H24N2O/c1-10(9-12-2)13-8-7-11(14-3)5-4-6-11/h10,12-13H,4-9H2,1-3H3. The Hall–Kier alpha value is -0.120. The molecule has 0 aliphatic heterocycles. The molecule has 0 spiro atoms. The highest BCUT2D eigenvalue weighted by Gasteiger charge is 2.36. The van der Waals surface area contributed by atoms with Gasteiger partial charge in [0.2, 0.25) is 0 Å². The third kappa shape index (κ3) is 3.23. The van der Waals surface area contributed by atoms with Gasteiger partial charge in [0, 0.05) is 19.7 Å². The molecule has 84 valence electrons. The average Bonchev–Trinajstić information content (AvgIpc) is 2.10. The molecule has 1 fully saturated rings. The minimum Gasteiger partial charge on any atom is -0.378 e. The largest absolute Gasteiger partial charge is 0.378 e. The zero-order valence-electron chi connectivity index (χ0n) is 9.73. The molecule has 0 heterocycles. The van der Waals surface area contributed by atoms with Gasteiger partial charge in [0.25, 0.3) is 0 Å². The van der Waals surface area contributed by atoms with E-state index in [2.05, 4.69) is 17.6 Å². The van der Waals surface area contributed by atoms with Crippen molar-refractivity contribution < 1.29 is 4.74 Å². The number of rotatable bonds is 7. The van der Waals surface area contributed by atoms with E-state index >= 15 is 0 Å². The van der Waals surface area contributed by atoms with Gasteiger partial charge in [0.15, 0.2) is 0 Å². The van der Waals surface area contributed by atoms with Gasteiger partial charge in [-0.05, 0) is 46.2 Å². The molecule has 1 aliphatic carbocycles. The third-order valence-electron chi connectivity index (χ3n) is 3.28. The summed E-state index contributed by atoms with van der Waals surface area (Å²) in [6.07, 6.45) is 4.97. The lowest BCUT2D eigenvalue weighted by molar-refractivity contribution is -0.0770. The van der Waals surface area contributed by atoms with Crippen LogP contribution < -0.4 is 10.6 Å². The van der Waals surface area contributed by atoms with E-state index < -0.39 is 0 Å². The van der Waals surface area contributed by atoms with E-state index in [1.54, 1.807) is 0 Å². The molecule has 0 aromatic heterocycles. The summed E-state index contributed by atoms with van der Waals surface area (Å²) in [5.74, 6) is 0. The van der Waals surface area contributed by atoms with E-state index in [1.165, 1.54) is 19.3 Å². The number of ether oxygens (including phenoxy) is 1. The van der Waals surface area contributed by atoms with Gasteiger partial charge in [-0.3, -0.25) is 0 Å². The van der Waals surface area contributed by atoms with Crippen molar-refractivity contribution in [1.29, 1.82) is 0 Å². The van der Waals surface area contributed by atoms with Crippen molar-refractivity contribution in [2.75, 3.05) is 27.2 Å². The summed E-state index contributed by atoms with van der Waals surface area (Å²) in [7, 11) is 3.83. The van der Waals surface area contributed by atoms with E-state index in [-0.39, 0.29) is 5.60 Å². The highest BCUT2D eigenvalue weighted by molar-refractivity contribution is 4.89. The van der Waals surface area contributed by atoms with Gasteiger partial charge in [0.05, 0.1) is 5.60 Å². The van der Waals surface area contributed by atoms with Crippen LogP contribution in [0, 0.1) is 0 Å². The molecule has 0 saturated heterocycles. The summed E-state index contributed by atoms with van der Waals surface area (Å²) in [6, 6.07) is 0.550. The molecule has 3 nitrogen and oxygen atoms in total. The maximum Gasteiger partial charge on any atom is 0.0690 e. The Morgan fingerprint density at radius 2 is 2.14 bits per heavy atom. The van der Waals surface area contributed by atoms with Crippen LogP contribution in [0.25, 0.3) is 0 Å². The Morgan fingerprint density at radius 3 is 2.57 bits per heavy atom. The zero-order valence-corrected chi connectivity index (χ0v) is 9.73. The Bertz CT molecular complexity index is 152. The molecule has 0 bridgehead atoms. The van der Waals surface area contributed by atoms with Gasteiger partial charge >= 0.3 is 0 Å². The molecule has 0 aromatic rings. The zero-order chi connectivity index (χ0) is 10.4. The van der Waals surface area contributed by atoms with Gasteiger partial charge in [-0.1, -0.05) is 0 Å². The third-order valence-corrected chi connectivity index (χ3v) is 3.28. The summed E-state index contributed by atoms with van der Waals surface area (Å²) >= 11 is 0. The first-order valence-corrected chi connectivity index (χ1v) is 5.65. The van der Waals surface area contributed by atoms with Gasteiger partial charge < -0.3 is 15.4 Å². The van der Waals surface area contributed by atoms with Gasteiger partial charge in [0.1, 0.15) is 0 Å². The summed E-state index contributed by atoms with van der Waals surface area (Å²) in [6.45, 7) is 4.30. The first-order valence-electron chi connectivity index (χ1n) is 5.65. The van der Waals surface area contributed by atoms with Crippen molar-refractivity contribution in [3.05, 3.63) is 0 Å². The molecule has 2 N–H and O–H groups in total. The molecular weight excluding hydrogens is 176 g/mol.